The highest BCUT2D eigenvalue weighted by Gasteiger charge is 2.51. The molecule has 0 unspecified atom stereocenters. The van der Waals surface area contributed by atoms with E-state index in [-0.39, 0.29) is 24.1 Å². The van der Waals surface area contributed by atoms with E-state index in [2.05, 4.69) is 5.32 Å². The van der Waals surface area contributed by atoms with Crippen LogP contribution in [-0.4, -0.2) is 85.2 Å². The summed E-state index contributed by atoms with van der Waals surface area (Å²) in [4.78, 5) is 42.6. The summed E-state index contributed by atoms with van der Waals surface area (Å²) in [6.45, 7) is 8.67. The van der Waals surface area contributed by atoms with Crippen LogP contribution in [0.1, 0.15) is 56.5 Å². The number of amides is 2. The Morgan fingerprint density at radius 2 is 1.85 bits per heavy atom. The number of carboxylic acid groups (broad SMARTS) is 1. The minimum Gasteiger partial charge on any atom is -0.496 e. The molecule has 3 aromatic carbocycles. The Morgan fingerprint density at radius 3 is 2.52 bits per heavy atom. The highest BCUT2D eigenvalue weighted by atomic mass is 16.6. The number of nitrogens with zero attached hydrogens (tertiary/aromatic N) is 2. The summed E-state index contributed by atoms with van der Waals surface area (Å²) in [5, 5.41) is 14.6. The number of ether oxygens (including phenoxy) is 4. The van der Waals surface area contributed by atoms with Crippen molar-refractivity contribution in [3.05, 3.63) is 65.7 Å². The van der Waals surface area contributed by atoms with E-state index in [4.69, 9.17) is 18.9 Å². The number of likely N-dealkylation sites (N-methyl/N-ethyl adjacent to an activating group) is 1. The van der Waals surface area contributed by atoms with Crippen molar-refractivity contribution >= 4 is 34.4 Å². The molecule has 0 aliphatic carbocycles. The zero-order chi connectivity index (χ0) is 33.2. The van der Waals surface area contributed by atoms with Crippen molar-refractivity contribution in [2.75, 3.05) is 38.8 Å². The lowest BCUT2D eigenvalue weighted by Gasteiger charge is -2.42. The largest absolute Gasteiger partial charge is 0.496 e. The van der Waals surface area contributed by atoms with Crippen molar-refractivity contribution in [1.29, 1.82) is 0 Å². The molecular weight excluding hydrogens is 590 g/mol. The van der Waals surface area contributed by atoms with Gasteiger partial charge in [-0.3, -0.25) is 4.79 Å². The van der Waals surface area contributed by atoms with Gasteiger partial charge in [0.05, 0.1) is 38.1 Å². The molecule has 2 aliphatic heterocycles. The van der Waals surface area contributed by atoms with Crippen LogP contribution in [0.15, 0.2) is 54.6 Å². The molecule has 246 valence electrons. The number of carboxylic acids is 1. The highest BCUT2D eigenvalue weighted by molar-refractivity contribution is 6.02. The van der Waals surface area contributed by atoms with Crippen molar-refractivity contribution in [1.82, 2.24) is 10.2 Å². The number of fused-ring (bicyclic) bond motifs is 2. The van der Waals surface area contributed by atoms with Gasteiger partial charge in [0.15, 0.2) is 0 Å². The minimum atomic E-state index is -1.02. The number of hydrogen-bond acceptors (Lipinski definition) is 8. The van der Waals surface area contributed by atoms with Gasteiger partial charge in [-0.15, -0.1) is 0 Å². The molecule has 1 fully saturated rings. The van der Waals surface area contributed by atoms with Gasteiger partial charge in [0.25, 0.3) is 0 Å². The molecule has 3 aromatic rings. The highest BCUT2D eigenvalue weighted by Crippen LogP contribution is 2.42. The van der Waals surface area contributed by atoms with Crippen LogP contribution < -0.4 is 19.7 Å². The lowest BCUT2D eigenvalue weighted by molar-refractivity contribution is -0.130. The summed E-state index contributed by atoms with van der Waals surface area (Å²) in [6, 6.07) is 14.9. The fourth-order valence-corrected chi connectivity index (χ4v) is 6.05. The molecule has 1 saturated heterocycles. The first kappa shape index (κ1) is 33.0. The van der Waals surface area contributed by atoms with Crippen LogP contribution in [0.2, 0.25) is 0 Å². The predicted octanol–water partition coefficient (Wildman–Crippen LogP) is 5.24. The Bertz CT molecular complexity index is 1610. The first-order valence-corrected chi connectivity index (χ1v) is 15.5. The maximum absolute atomic E-state index is 14.9. The van der Waals surface area contributed by atoms with Crippen molar-refractivity contribution in [3.8, 4) is 11.5 Å². The van der Waals surface area contributed by atoms with Gasteiger partial charge in [-0.25, -0.2) is 9.59 Å². The summed E-state index contributed by atoms with van der Waals surface area (Å²) in [7, 11) is 3.25. The molecule has 2 aliphatic rings. The maximum Gasteiger partial charge on any atom is 0.410 e. The quantitative estimate of drug-likeness (QED) is 0.343. The summed E-state index contributed by atoms with van der Waals surface area (Å²) >= 11 is 0. The molecule has 2 N–H and O–H groups in total. The number of methoxy groups -OCH3 is 1. The number of para-hydroxylation sites is 2. The predicted molar refractivity (Wildman–Crippen MR) is 174 cm³/mol. The van der Waals surface area contributed by atoms with E-state index in [1.165, 1.54) is 4.90 Å². The number of benzene rings is 3. The van der Waals surface area contributed by atoms with E-state index >= 15 is 0 Å². The van der Waals surface area contributed by atoms with Crippen LogP contribution in [0.4, 0.5) is 10.5 Å². The molecule has 11 heteroatoms. The van der Waals surface area contributed by atoms with Crippen LogP contribution in [-0.2, 0) is 20.8 Å². The number of nitrogens with one attached hydrogen (secondary N) is 1. The second kappa shape index (κ2) is 13.2. The van der Waals surface area contributed by atoms with Gasteiger partial charge in [-0.05, 0) is 68.8 Å². The molecule has 0 saturated carbocycles. The molecule has 11 nitrogen and oxygen atoms in total. The summed E-state index contributed by atoms with van der Waals surface area (Å²) < 4.78 is 23.9. The summed E-state index contributed by atoms with van der Waals surface area (Å²) in [5.41, 5.74) is -0.0178. The van der Waals surface area contributed by atoms with Crippen molar-refractivity contribution in [2.45, 2.75) is 70.4 Å². The van der Waals surface area contributed by atoms with Crippen molar-refractivity contribution in [3.63, 3.8) is 0 Å². The first-order valence-electron chi connectivity index (χ1n) is 15.5. The Kier molecular flexibility index (Phi) is 9.46. The zero-order valence-corrected chi connectivity index (χ0v) is 27.3. The van der Waals surface area contributed by atoms with Gasteiger partial charge in [0.1, 0.15) is 28.7 Å². The van der Waals surface area contributed by atoms with Crippen LogP contribution in [0.25, 0.3) is 10.8 Å². The normalized spacial score (nSPS) is 18.3. The molecule has 0 bridgehead atoms. The van der Waals surface area contributed by atoms with E-state index in [1.807, 2.05) is 58.0 Å². The molecular formula is C35H43N3O8. The Hall–Kier alpha value is -4.35. The number of aromatic carboxylic acids is 1. The fraction of sp³-hybridized carbons (Fsp3) is 0.457. The molecule has 0 aromatic heterocycles. The number of rotatable bonds is 8. The second-order valence-corrected chi connectivity index (χ2v) is 12.9. The molecule has 5 rings (SSSR count). The Morgan fingerprint density at radius 1 is 1.13 bits per heavy atom. The topological polar surface area (TPSA) is 127 Å². The molecule has 46 heavy (non-hydrogen) atoms. The first-order chi connectivity index (χ1) is 21.8. The average molecular weight is 634 g/mol. The number of anilines is 1. The fourth-order valence-electron chi connectivity index (χ4n) is 6.05. The van der Waals surface area contributed by atoms with E-state index in [0.717, 1.165) is 16.3 Å². The zero-order valence-electron chi connectivity index (χ0n) is 27.3. The number of carbonyl (C=O) groups is 3. The van der Waals surface area contributed by atoms with Gasteiger partial charge in [0.2, 0.25) is 5.91 Å². The number of hydrogen-bond donors (Lipinski definition) is 2. The Balaban J connectivity index is 1.54. The van der Waals surface area contributed by atoms with E-state index < -0.39 is 29.3 Å². The SMILES string of the molecule is COc1ccc2cc(C(=O)O)ccc2c1CN1C(=O)[C@@H](NC[C@H](C)N(C)C(=O)OC(C)(C)C)C2(CCOCC2)Oc2ccccc21. The minimum absolute atomic E-state index is 0.143. The van der Waals surface area contributed by atoms with Crippen LogP contribution in [0.5, 0.6) is 11.5 Å². The van der Waals surface area contributed by atoms with Gasteiger partial charge < -0.3 is 39.2 Å². The third-order valence-corrected chi connectivity index (χ3v) is 8.68. The van der Waals surface area contributed by atoms with E-state index in [0.29, 0.717) is 49.8 Å². The van der Waals surface area contributed by atoms with Crippen molar-refractivity contribution in [2.24, 2.45) is 0 Å². The van der Waals surface area contributed by atoms with Gasteiger partial charge in [0, 0.05) is 38.0 Å². The van der Waals surface area contributed by atoms with Gasteiger partial charge >= 0.3 is 12.1 Å². The van der Waals surface area contributed by atoms with Crippen LogP contribution >= 0.6 is 0 Å². The lowest BCUT2D eigenvalue weighted by Crippen LogP contribution is -2.64. The van der Waals surface area contributed by atoms with Gasteiger partial charge in [-0.2, -0.15) is 0 Å². The Labute approximate surface area is 269 Å². The smallest absolute Gasteiger partial charge is 0.410 e. The molecule has 0 radical (unpaired) electrons. The van der Waals surface area contributed by atoms with Crippen LogP contribution in [0.3, 0.4) is 0 Å². The molecule has 1 spiro atoms. The number of carbonyl (C=O) groups excluding carboxylic acids is 2. The third kappa shape index (κ3) is 6.75. The monoisotopic (exact) mass is 633 g/mol. The molecule has 2 amide bonds. The van der Waals surface area contributed by atoms with Gasteiger partial charge in [-0.1, -0.05) is 24.3 Å². The van der Waals surface area contributed by atoms with Crippen LogP contribution in [0, 0.1) is 0 Å². The summed E-state index contributed by atoms with van der Waals surface area (Å²) in [5.74, 6) is -0.0623. The second-order valence-electron chi connectivity index (χ2n) is 12.9. The van der Waals surface area contributed by atoms with Crippen molar-refractivity contribution < 1.29 is 38.4 Å². The molecule has 2 heterocycles. The standard InChI is InChI=1S/C35H43N3O8/c1-22(37(5)33(42)46-34(2,3)4)20-36-30-31(39)38(27-9-7-8-10-29(27)45-35(30)15-17-44-18-16-35)21-26-25-13-11-24(32(40)41)19-23(25)12-14-28(26)43-6/h7-14,19,22,30,36H,15-18,20-21H2,1-6H3,(H,40,41)/t22-,30+/m0/s1. The van der Waals surface area contributed by atoms with E-state index in [9.17, 15) is 19.5 Å². The summed E-state index contributed by atoms with van der Waals surface area (Å²) in [6.07, 6.45) is 0.531. The third-order valence-electron chi connectivity index (χ3n) is 8.68. The average Bonchev–Trinajstić information content (AvgIpc) is 3.10. The lowest BCUT2D eigenvalue weighted by atomic mass is 9.84. The maximum atomic E-state index is 14.9. The molecule has 2 atom stereocenters. The van der Waals surface area contributed by atoms with E-state index in [1.54, 1.807) is 43.3 Å².